The van der Waals surface area contributed by atoms with E-state index in [1.54, 1.807) is 18.3 Å². The van der Waals surface area contributed by atoms with Gasteiger partial charge in [-0.05, 0) is 13.3 Å². The van der Waals surface area contributed by atoms with Gasteiger partial charge in [0, 0.05) is 50.8 Å². The molecule has 130 valence electrons. The molecule has 1 fully saturated rings. The molecule has 0 radical (unpaired) electrons. The number of anilines is 1. The van der Waals surface area contributed by atoms with E-state index in [2.05, 4.69) is 24.5 Å². The number of thiazole rings is 1. The summed E-state index contributed by atoms with van der Waals surface area (Å²) in [5.74, 6) is 0.629. The van der Waals surface area contributed by atoms with Crippen molar-refractivity contribution < 1.29 is 8.42 Å². The predicted molar refractivity (Wildman–Crippen MR) is 94.5 cm³/mol. The van der Waals surface area contributed by atoms with Crippen molar-refractivity contribution in [3.05, 3.63) is 11.6 Å². The van der Waals surface area contributed by atoms with E-state index in [1.807, 2.05) is 11.6 Å². The van der Waals surface area contributed by atoms with Crippen LogP contribution >= 0.6 is 11.3 Å². The second-order valence-electron chi connectivity index (χ2n) is 5.18. The van der Waals surface area contributed by atoms with Crippen LogP contribution in [0.1, 0.15) is 13.3 Å². The van der Waals surface area contributed by atoms with E-state index in [9.17, 15) is 8.42 Å². The molecule has 3 N–H and O–H groups in total. The summed E-state index contributed by atoms with van der Waals surface area (Å²) in [6.07, 6.45) is 2.45. The van der Waals surface area contributed by atoms with Gasteiger partial charge in [-0.1, -0.05) is 0 Å². The Kier molecular flexibility index (Phi) is 6.60. The van der Waals surface area contributed by atoms with Crippen LogP contribution in [0.5, 0.6) is 0 Å². The average molecular weight is 361 g/mol. The Morgan fingerprint density at radius 3 is 2.78 bits per heavy atom. The lowest BCUT2D eigenvalue weighted by Gasteiger charge is -2.35. The van der Waals surface area contributed by atoms with Crippen molar-refractivity contribution in [2.24, 2.45) is 10.7 Å². The van der Waals surface area contributed by atoms with Gasteiger partial charge in [0.2, 0.25) is 10.0 Å². The number of piperazine rings is 1. The smallest absolute Gasteiger partial charge is 0.211 e. The average Bonchev–Trinajstić information content (AvgIpc) is 3.09. The highest BCUT2D eigenvalue weighted by molar-refractivity contribution is 7.89. The maximum atomic E-state index is 11.3. The summed E-state index contributed by atoms with van der Waals surface area (Å²) in [4.78, 5) is 12.9. The summed E-state index contributed by atoms with van der Waals surface area (Å²) >= 11 is 1.64. The van der Waals surface area contributed by atoms with Crippen molar-refractivity contribution in [1.82, 2.24) is 14.6 Å². The SMILES string of the molecule is CCS(=O)(=O)NCCCN=C(N)N1CCN(c2nccs2)CC1. The molecule has 0 bridgehead atoms. The van der Waals surface area contributed by atoms with Crippen molar-refractivity contribution in [3.63, 3.8) is 0 Å². The van der Waals surface area contributed by atoms with Gasteiger partial charge in [-0.2, -0.15) is 0 Å². The van der Waals surface area contributed by atoms with E-state index >= 15 is 0 Å². The van der Waals surface area contributed by atoms with Gasteiger partial charge in [-0.3, -0.25) is 4.99 Å². The summed E-state index contributed by atoms with van der Waals surface area (Å²) in [6.45, 7) is 5.91. The van der Waals surface area contributed by atoms with Crippen molar-refractivity contribution in [2.75, 3.05) is 49.9 Å². The first kappa shape index (κ1) is 18.0. The van der Waals surface area contributed by atoms with Crippen LogP contribution in [0.2, 0.25) is 0 Å². The van der Waals surface area contributed by atoms with Crippen molar-refractivity contribution in [1.29, 1.82) is 0 Å². The van der Waals surface area contributed by atoms with E-state index < -0.39 is 10.0 Å². The quantitative estimate of drug-likeness (QED) is 0.400. The minimum atomic E-state index is -3.12. The molecule has 0 aliphatic carbocycles. The van der Waals surface area contributed by atoms with Crippen LogP contribution < -0.4 is 15.4 Å². The summed E-state index contributed by atoms with van der Waals surface area (Å²) in [7, 11) is -3.12. The first-order chi connectivity index (χ1) is 11.0. The zero-order valence-corrected chi connectivity index (χ0v) is 14.9. The summed E-state index contributed by atoms with van der Waals surface area (Å²) in [5, 5.41) is 3.02. The zero-order chi connectivity index (χ0) is 16.7. The molecule has 0 amide bonds. The molecule has 1 aromatic heterocycles. The maximum Gasteiger partial charge on any atom is 0.211 e. The Bertz CT molecular complexity index is 594. The third-order valence-electron chi connectivity index (χ3n) is 3.60. The minimum Gasteiger partial charge on any atom is -0.370 e. The Labute approximate surface area is 141 Å². The molecule has 1 aromatic rings. The van der Waals surface area contributed by atoms with Crippen LogP contribution in [0.4, 0.5) is 5.13 Å². The molecule has 0 aromatic carbocycles. The number of sulfonamides is 1. The van der Waals surface area contributed by atoms with Gasteiger partial charge in [0.1, 0.15) is 0 Å². The molecule has 1 saturated heterocycles. The third-order valence-corrected chi connectivity index (χ3v) is 5.84. The van der Waals surface area contributed by atoms with Gasteiger partial charge >= 0.3 is 0 Å². The molecular weight excluding hydrogens is 336 g/mol. The van der Waals surface area contributed by atoms with Crippen molar-refractivity contribution >= 4 is 32.5 Å². The normalized spacial score (nSPS) is 16.8. The first-order valence-corrected chi connectivity index (χ1v) is 10.2. The fraction of sp³-hybridized carbons (Fsp3) is 0.692. The summed E-state index contributed by atoms with van der Waals surface area (Å²) in [6, 6.07) is 0. The Morgan fingerprint density at radius 1 is 1.43 bits per heavy atom. The highest BCUT2D eigenvalue weighted by Gasteiger charge is 2.19. The lowest BCUT2D eigenvalue weighted by Crippen LogP contribution is -2.51. The molecule has 2 rings (SSSR count). The molecule has 8 nitrogen and oxygen atoms in total. The van der Waals surface area contributed by atoms with E-state index in [0.717, 1.165) is 31.3 Å². The monoisotopic (exact) mass is 360 g/mol. The topological polar surface area (TPSA) is 104 Å². The van der Waals surface area contributed by atoms with E-state index in [0.29, 0.717) is 25.5 Å². The number of nitrogens with one attached hydrogen (secondary N) is 1. The van der Waals surface area contributed by atoms with Gasteiger partial charge in [-0.25, -0.2) is 18.1 Å². The Hall–Kier alpha value is -1.39. The highest BCUT2D eigenvalue weighted by Crippen LogP contribution is 2.18. The van der Waals surface area contributed by atoms with E-state index in [1.165, 1.54) is 0 Å². The number of nitrogens with two attached hydrogens (primary N) is 1. The molecule has 1 aliphatic rings. The van der Waals surface area contributed by atoms with Crippen LogP contribution in [-0.2, 0) is 10.0 Å². The number of hydrogen-bond acceptors (Lipinski definition) is 6. The molecular formula is C13H24N6O2S2. The van der Waals surface area contributed by atoms with Crippen molar-refractivity contribution in [3.8, 4) is 0 Å². The summed E-state index contributed by atoms with van der Waals surface area (Å²) in [5.41, 5.74) is 6.01. The van der Waals surface area contributed by atoms with Crippen LogP contribution in [0.25, 0.3) is 0 Å². The van der Waals surface area contributed by atoms with E-state index in [4.69, 9.17) is 5.73 Å². The molecule has 0 atom stereocenters. The number of aliphatic imine (C=N–C) groups is 1. The molecule has 2 heterocycles. The second-order valence-corrected chi connectivity index (χ2v) is 8.15. The summed E-state index contributed by atoms with van der Waals surface area (Å²) < 4.78 is 25.1. The first-order valence-electron chi connectivity index (χ1n) is 7.68. The number of guanidine groups is 1. The number of aromatic nitrogens is 1. The molecule has 23 heavy (non-hydrogen) atoms. The molecule has 0 unspecified atom stereocenters. The number of hydrogen-bond donors (Lipinski definition) is 2. The predicted octanol–water partition coefficient (Wildman–Crippen LogP) is -0.0908. The van der Waals surface area contributed by atoms with Gasteiger partial charge in [-0.15, -0.1) is 11.3 Å². The van der Waals surface area contributed by atoms with Crippen LogP contribution in [0.3, 0.4) is 0 Å². The third kappa shape index (κ3) is 5.63. The van der Waals surface area contributed by atoms with Gasteiger partial charge in [0.25, 0.3) is 0 Å². The van der Waals surface area contributed by atoms with Gasteiger partial charge in [0.05, 0.1) is 5.75 Å². The van der Waals surface area contributed by atoms with Crippen LogP contribution in [0.15, 0.2) is 16.6 Å². The van der Waals surface area contributed by atoms with E-state index in [-0.39, 0.29) is 5.75 Å². The van der Waals surface area contributed by atoms with Crippen LogP contribution in [0, 0.1) is 0 Å². The van der Waals surface area contributed by atoms with Gasteiger partial charge in [0.15, 0.2) is 11.1 Å². The molecule has 10 heteroatoms. The Balaban J connectivity index is 1.69. The lowest BCUT2D eigenvalue weighted by atomic mass is 10.3. The highest BCUT2D eigenvalue weighted by atomic mass is 32.2. The fourth-order valence-electron chi connectivity index (χ4n) is 2.20. The number of nitrogens with zero attached hydrogens (tertiary/aromatic N) is 4. The maximum absolute atomic E-state index is 11.3. The zero-order valence-electron chi connectivity index (χ0n) is 13.3. The standard InChI is InChI=1S/C13H24N6O2S2/c1-2-23(20,21)17-5-3-4-15-12(14)18-7-9-19(10-8-18)13-16-6-11-22-13/h6,11,17H,2-5,7-10H2,1H3,(H2,14,15). The van der Waals surface area contributed by atoms with Crippen LogP contribution in [-0.4, -0.2) is 69.3 Å². The minimum absolute atomic E-state index is 0.0990. The lowest BCUT2D eigenvalue weighted by molar-refractivity contribution is 0.380. The van der Waals surface area contributed by atoms with Gasteiger partial charge < -0.3 is 15.5 Å². The molecule has 1 aliphatic heterocycles. The van der Waals surface area contributed by atoms with Crippen molar-refractivity contribution in [2.45, 2.75) is 13.3 Å². The Morgan fingerprint density at radius 2 is 2.17 bits per heavy atom. The molecule has 0 saturated carbocycles. The second kappa shape index (κ2) is 8.46. The largest absolute Gasteiger partial charge is 0.370 e. The molecule has 0 spiro atoms. The number of rotatable bonds is 7. The fourth-order valence-corrected chi connectivity index (χ4v) is 3.56.